The van der Waals surface area contributed by atoms with E-state index >= 15 is 0 Å². The van der Waals surface area contributed by atoms with Gasteiger partial charge in [-0.05, 0) is 31.1 Å². The minimum Gasteiger partial charge on any atom is -0.325 e. The number of nitrogens with zero attached hydrogens (tertiary/aromatic N) is 1. The fraction of sp³-hybridized carbons (Fsp3) is 0.938. The Labute approximate surface area is 118 Å². The van der Waals surface area contributed by atoms with Crippen molar-refractivity contribution in [2.75, 3.05) is 6.54 Å². The lowest BCUT2D eigenvalue weighted by Gasteiger charge is -2.28. The molecule has 2 aliphatic rings. The average molecular weight is 266 g/mol. The molecule has 1 amide bonds. The van der Waals surface area contributed by atoms with Crippen LogP contribution in [0.25, 0.3) is 0 Å². The van der Waals surface area contributed by atoms with Crippen molar-refractivity contribution in [2.24, 2.45) is 11.8 Å². The monoisotopic (exact) mass is 266 g/mol. The van der Waals surface area contributed by atoms with Gasteiger partial charge in [0.25, 0.3) is 0 Å². The number of hydrogen-bond donors (Lipinski definition) is 1. The van der Waals surface area contributed by atoms with E-state index in [1.54, 1.807) is 0 Å². The Kier molecular flexibility index (Phi) is 4.54. The Balaban J connectivity index is 2.11. The summed E-state index contributed by atoms with van der Waals surface area (Å²) >= 11 is 0. The van der Waals surface area contributed by atoms with Crippen LogP contribution in [0.5, 0.6) is 0 Å². The summed E-state index contributed by atoms with van der Waals surface area (Å²) in [5, 5.41) is 3.69. The van der Waals surface area contributed by atoms with E-state index in [1.807, 2.05) is 0 Å². The molecule has 0 aromatic carbocycles. The van der Waals surface area contributed by atoms with Gasteiger partial charge in [0.2, 0.25) is 5.91 Å². The highest BCUT2D eigenvalue weighted by Gasteiger charge is 2.51. The second kappa shape index (κ2) is 5.82. The van der Waals surface area contributed by atoms with E-state index in [1.165, 1.54) is 12.8 Å². The standard InChI is InChI=1S/C16H30N2O/c1-5-8-14-17-16(9-6-7-10-16)15(19)18(14)11-13(4)12(2)3/h12-14,17H,5-11H2,1-4H3. The zero-order valence-corrected chi connectivity index (χ0v) is 13.0. The summed E-state index contributed by atoms with van der Waals surface area (Å²) in [7, 11) is 0. The van der Waals surface area contributed by atoms with E-state index < -0.39 is 0 Å². The van der Waals surface area contributed by atoms with Crippen molar-refractivity contribution in [1.82, 2.24) is 10.2 Å². The van der Waals surface area contributed by atoms with Crippen LogP contribution < -0.4 is 5.32 Å². The van der Waals surface area contributed by atoms with Gasteiger partial charge in [0.15, 0.2) is 0 Å². The molecule has 0 bridgehead atoms. The molecule has 0 radical (unpaired) electrons. The molecule has 2 atom stereocenters. The molecule has 1 heterocycles. The van der Waals surface area contributed by atoms with Crippen LogP contribution in [-0.4, -0.2) is 29.1 Å². The Morgan fingerprint density at radius 3 is 2.47 bits per heavy atom. The molecule has 3 heteroatoms. The summed E-state index contributed by atoms with van der Waals surface area (Å²) in [5.41, 5.74) is -0.198. The second-order valence-electron chi connectivity index (χ2n) is 6.92. The molecule has 1 saturated carbocycles. The molecule has 0 aromatic rings. The number of rotatable bonds is 5. The normalized spacial score (nSPS) is 27.7. The average Bonchev–Trinajstić information content (AvgIpc) is 2.92. The van der Waals surface area contributed by atoms with Gasteiger partial charge in [0.1, 0.15) is 0 Å². The molecule has 2 fully saturated rings. The number of nitrogens with one attached hydrogen (secondary N) is 1. The van der Waals surface area contributed by atoms with E-state index in [4.69, 9.17) is 0 Å². The fourth-order valence-corrected chi connectivity index (χ4v) is 3.44. The smallest absolute Gasteiger partial charge is 0.244 e. The van der Waals surface area contributed by atoms with E-state index in [0.29, 0.717) is 17.7 Å². The maximum absolute atomic E-state index is 12.8. The van der Waals surface area contributed by atoms with Crippen LogP contribution in [0.15, 0.2) is 0 Å². The van der Waals surface area contributed by atoms with E-state index in [9.17, 15) is 4.79 Å². The molecule has 19 heavy (non-hydrogen) atoms. The maximum Gasteiger partial charge on any atom is 0.244 e. The van der Waals surface area contributed by atoms with Crippen LogP contribution in [0.3, 0.4) is 0 Å². The summed E-state index contributed by atoms with van der Waals surface area (Å²) in [6, 6.07) is 0. The first kappa shape index (κ1) is 14.8. The molecular formula is C16H30N2O. The van der Waals surface area contributed by atoms with Gasteiger partial charge in [-0.2, -0.15) is 0 Å². The molecule has 1 aliphatic heterocycles. The molecule has 1 spiro atoms. The summed E-state index contributed by atoms with van der Waals surface area (Å²) in [6.45, 7) is 9.88. The van der Waals surface area contributed by atoms with Gasteiger partial charge >= 0.3 is 0 Å². The molecule has 2 rings (SSSR count). The van der Waals surface area contributed by atoms with Crippen LogP contribution in [0.2, 0.25) is 0 Å². The Hall–Kier alpha value is -0.570. The third-order valence-electron chi connectivity index (χ3n) is 5.13. The maximum atomic E-state index is 12.8. The van der Waals surface area contributed by atoms with Crippen molar-refractivity contribution in [1.29, 1.82) is 0 Å². The lowest BCUT2D eigenvalue weighted by Crippen LogP contribution is -2.44. The van der Waals surface area contributed by atoms with Gasteiger partial charge < -0.3 is 4.90 Å². The molecule has 3 nitrogen and oxygen atoms in total. The fourth-order valence-electron chi connectivity index (χ4n) is 3.44. The van der Waals surface area contributed by atoms with Gasteiger partial charge in [-0.3, -0.25) is 10.1 Å². The molecule has 0 aromatic heterocycles. The van der Waals surface area contributed by atoms with Gasteiger partial charge in [-0.1, -0.05) is 47.0 Å². The molecule has 110 valence electrons. The van der Waals surface area contributed by atoms with Crippen molar-refractivity contribution in [3.05, 3.63) is 0 Å². The molecule has 1 aliphatic carbocycles. The van der Waals surface area contributed by atoms with E-state index in [2.05, 4.69) is 37.9 Å². The largest absolute Gasteiger partial charge is 0.325 e. The Morgan fingerprint density at radius 1 is 1.32 bits per heavy atom. The highest BCUT2D eigenvalue weighted by atomic mass is 16.2. The molecular weight excluding hydrogens is 236 g/mol. The summed E-state index contributed by atoms with van der Waals surface area (Å²) in [5.74, 6) is 1.59. The zero-order valence-electron chi connectivity index (χ0n) is 13.0. The quantitative estimate of drug-likeness (QED) is 0.829. The third kappa shape index (κ3) is 2.81. The number of hydrogen-bond acceptors (Lipinski definition) is 2. The van der Waals surface area contributed by atoms with Crippen molar-refractivity contribution in [2.45, 2.75) is 77.9 Å². The first-order chi connectivity index (χ1) is 9.00. The third-order valence-corrected chi connectivity index (χ3v) is 5.13. The highest BCUT2D eigenvalue weighted by Crippen LogP contribution is 2.37. The van der Waals surface area contributed by atoms with Crippen LogP contribution in [0, 0.1) is 11.8 Å². The number of carbonyl (C=O) groups is 1. The Bertz CT molecular complexity index is 321. The lowest BCUT2D eigenvalue weighted by molar-refractivity contribution is -0.133. The topological polar surface area (TPSA) is 32.3 Å². The van der Waals surface area contributed by atoms with Gasteiger partial charge in [-0.15, -0.1) is 0 Å². The summed E-state index contributed by atoms with van der Waals surface area (Å²) < 4.78 is 0. The summed E-state index contributed by atoms with van der Waals surface area (Å²) in [6.07, 6.45) is 6.97. The van der Waals surface area contributed by atoms with Crippen LogP contribution in [0.4, 0.5) is 0 Å². The predicted molar refractivity (Wildman–Crippen MR) is 78.7 cm³/mol. The van der Waals surface area contributed by atoms with Crippen molar-refractivity contribution >= 4 is 5.91 Å². The van der Waals surface area contributed by atoms with Crippen molar-refractivity contribution in [3.63, 3.8) is 0 Å². The first-order valence-electron chi connectivity index (χ1n) is 8.09. The predicted octanol–water partition coefficient (Wildman–Crippen LogP) is 3.15. The number of amides is 1. The van der Waals surface area contributed by atoms with Crippen molar-refractivity contribution in [3.8, 4) is 0 Å². The van der Waals surface area contributed by atoms with Gasteiger partial charge in [-0.25, -0.2) is 0 Å². The minimum atomic E-state index is -0.198. The molecule has 1 N–H and O–H groups in total. The van der Waals surface area contributed by atoms with Gasteiger partial charge in [0, 0.05) is 6.54 Å². The lowest BCUT2D eigenvalue weighted by atomic mass is 9.95. The zero-order chi connectivity index (χ0) is 14.0. The second-order valence-corrected chi connectivity index (χ2v) is 6.92. The molecule has 1 saturated heterocycles. The van der Waals surface area contributed by atoms with Crippen LogP contribution in [-0.2, 0) is 4.79 Å². The number of carbonyl (C=O) groups excluding carboxylic acids is 1. The minimum absolute atomic E-state index is 0.198. The van der Waals surface area contributed by atoms with E-state index in [-0.39, 0.29) is 11.7 Å². The molecule has 2 unspecified atom stereocenters. The summed E-state index contributed by atoms with van der Waals surface area (Å²) in [4.78, 5) is 15.0. The van der Waals surface area contributed by atoms with Crippen LogP contribution >= 0.6 is 0 Å². The van der Waals surface area contributed by atoms with E-state index in [0.717, 1.165) is 32.2 Å². The SMILES string of the molecule is CCCC1NC2(CCCC2)C(=O)N1CC(C)C(C)C. The van der Waals surface area contributed by atoms with Crippen LogP contribution in [0.1, 0.15) is 66.2 Å². The van der Waals surface area contributed by atoms with Gasteiger partial charge in [0.05, 0.1) is 11.7 Å². The highest BCUT2D eigenvalue weighted by molar-refractivity contribution is 5.89. The van der Waals surface area contributed by atoms with Crippen molar-refractivity contribution < 1.29 is 4.79 Å². The Morgan fingerprint density at radius 2 is 1.95 bits per heavy atom. The first-order valence-corrected chi connectivity index (χ1v) is 8.09.